The molecule has 1 heterocycles. The Labute approximate surface area is 77.0 Å². The number of nitrogens with zero attached hydrogens (tertiary/aromatic N) is 2. The number of ether oxygens (including phenoxy) is 1. The van der Waals surface area contributed by atoms with Crippen LogP contribution in [0.25, 0.3) is 0 Å². The highest BCUT2D eigenvalue weighted by Gasteiger charge is 2.11. The van der Waals surface area contributed by atoms with Crippen molar-refractivity contribution in [2.24, 2.45) is 5.73 Å². The van der Waals surface area contributed by atoms with Crippen LogP contribution >= 0.6 is 0 Å². The average Bonchev–Trinajstić information content (AvgIpc) is 2.47. The molecule has 1 aromatic heterocycles. The van der Waals surface area contributed by atoms with E-state index < -0.39 is 0 Å². The molecule has 5 heteroatoms. The quantitative estimate of drug-likeness (QED) is 0.535. The molecule has 1 rings (SSSR count). The van der Waals surface area contributed by atoms with Crippen molar-refractivity contribution >= 4 is 5.84 Å². The number of amidine groups is 1. The van der Waals surface area contributed by atoms with Crippen LogP contribution in [0.3, 0.4) is 0 Å². The summed E-state index contributed by atoms with van der Waals surface area (Å²) in [6.07, 6.45) is 0. The Bertz CT molecular complexity index is 316. The molecule has 0 radical (unpaired) electrons. The van der Waals surface area contributed by atoms with Gasteiger partial charge in [-0.1, -0.05) is 0 Å². The van der Waals surface area contributed by atoms with Gasteiger partial charge in [0.2, 0.25) is 5.88 Å². The van der Waals surface area contributed by atoms with Crippen molar-refractivity contribution in [2.75, 3.05) is 7.11 Å². The Morgan fingerprint density at radius 1 is 1.69 bits per heavy atom. The molecule has 1 aromatic rings. The summed E-state index contributed by atoms with van der Waals surface area (Å²) in [7, 11) is 1.57. The number of hydrogen-bond acceptors (Lipinski definition) is 3. The first-order valence-electron chi connectivity index (χ1n) is 4.04. The first kappa shape index (κ1) is 9.57. The highest BCUT2D eigenvalue weighted by atomic mass is 16.5. The molecule has 0 amide bonds. The third-order valence-corrected chi connectivity index (χ3v) is 1.68. The third kappa shape index (κ3) is 1.80. The van der Waals surface area contributed by atoms with Crippen molar-refractivity contribution in [3.8, 4) is 5.88 Å². The van der Waals surface area contributed by atoms with Crippen LogP contribution in [0.2, 0.25) is 0 Å². The van der Waals surface area contributed by atoms with E-state index in [2.05, 4.69) is 5.10 Å². The number of aromatic nitrogens is 2. The fourth-order valence-corrected chi connectivity index (χ4v) is 1.03. The fraction of sp³-hybridized carbons (Fsp3) is 0.500. The SMILES string of the molecule is COc1cc(C(=N)N)nn1C(C)C. The van der Waals surface area contributed by atoms with Crippen LogP contribution in [0.4, 0.5) is 0 Å². The zero-order chi connectivity index (χ0) is 10.0. The van der Waals surface area contributed by atoms with Crippen molar-refractivity contribution in [2.45, 2.75) is 19.9 Å². The molecule has 0 fully saturated rings. The molecule has 72 valence electrons. The average molecular weight is 182 g/mol. The molecule has 3 N–H and O–H groups in total. The molecule has 0 aromatic carbocycles. The zero-order valence-electron chi connectivity index (χ0n) is 8.03. The number of nitrogen functional groups attached to an aromatic ring is 1. The van der Waals surface area contributed by atoms with Crippen molar-refractivity contribution in [1.82, 2.24) is 9.78 Å². The maximum atomic E-state index is 7.21. The maximum absolute atomic E-state index is 7.21. The summed E-state index contributed by atoms with van der Waals surface area (Å²) < 4.78 is 6.78. The summed E-state index contributed by atoms with van der Waals surface area (Å²) in [6.45, 7) is 3.97. The lowest BCUT2D eigenvalue weighted by Crippen LogP contribution is -2.13. The molecule has 0 aliphatic carbocycles. The molecule has 0 bridgehead atoms. The second-order valence-corrected chi connectivity index (χ2v) is 3.02. The number of methoxy groups -OCH3 is 1. The van der Waals surface area contributed by atoms with Crippen LogP contribution in [0.5, 0.6) is 5.88 Å². The van der Waals surface area contributed by atoms with Crippen LogP contribution in [0, 0.1) is 5.41 Å². The molecule has 0 spiro atoms. The summed E-state index contributed by atoms with van der Waals surface area (Å²) >= 11 is 0. The number of rotatable bonds is 3. The van der Waals surface area contributed by atoms with Crippen molar-refractivity contribution < 1.29 is 4.74 Å². The van der Waals surface area contributed by atoms with Crippen LogP contribution in [-0.2, 0) is 0 Å². The Morgan fingerprint density at radius 2 is 2.31 bits per heavy atom. The highest BCUT2D eigenvalue weighted by Crippen LogP contribution is 2.17. The van der Waals surface area contributed by atoms with E-state index in [1.807, 2.05) is 13.8 Å². The minimum absolute atomic E-state index is 0.0438. The second-order valence-electron chi connectivity index (χ2n) is 3.02. The second kappa shape index (κ2) is 3.47. The van der Waals surface area contributed by atoms with Crippen LogP contribution in [-0.4, -0.2) is 22.7 Å². The molecule has 0 aliphatic heterocycles. The van der Waals surface area contributed by atoms with E-state index in [1.54, 1.807) is 17.9 Å². The number of nitrogens with one attached hydrogen (secondary N) is 1. The smallest absolute Gasteiger partial charge is 0.212 e. The predicted molar refractivity (Wildman–Crippen MR) is 50.2 cm³/mol. The predicted octanol–water partition coefficient (Wildman–Crippen LogP) is 0.757. The van der Waals surface area contributed by atoms with Crippen LogP contribution in [0.15, 0.2) is 6.07 Å². The van der Waals surface area contributed by atoms with E-state index in [9.17, 15) is 0 Å². The lowest BCUT2D eigenvalue weighted by atomic mass is 10.4. The molecular formula is C8H14N4O. The maximum Gasteiger partial charge on any atom is 0.212 e. The Morgan fingerprint density at radius 3 is 2.62 bits per heavy atom. The van der Waals surface area contributed by atoms with Crippen molar-refractivity contribution in [3.63, 3.8) is 0 Å². The normalized spacial score (nSPS) is 10.5. The van der Waals surface area contributed by atoms with Crippen molar-refractivity contribution in [1.29, 1.82) is 5.41 Å². The van der Waals surface area contributed by atoms with Gasteiger partial charge in [-0.2, -0.15) is 5.10 Å². The van der Waals surface area contributed by atoms with Crippen LogP contribution in [0.1, 0.15) is 25.6 Å². The van der Waals surface area contributed by atoms with Gasteiger partial charge in [0.05, 0.1) is 13.2 Å². The molecule has 0 unspecified atom stereocenters. The summed E-state index contributed by atoms with van der Waals surface area (Å²) in [5, 5.41) is 11.3. The van der Waals surface area contributed by atoms with E-state index in [-0.39, 0.29) is 11.9 Å². The summed E-state index contributed by atoms with van der Waals surface area (Å²) in [5.41, 5.74) is 5.75. The summed E-state index contributed by atoms with van der Waals surface area (Å²) in [5.74, 6) is 0.581. The standard InChI is InChI=1S/C8H14N4O/c1-5(2)12-7(13-3)4-6(11-12)8(9)10/h4-5H,1-3H3,(H3,9,10). The van der Waals surface area contributed by atoms with Gasteiger partial charge in [0, 0.05) is 6.07 Å². The molecule has 0 aliphatic rings. The number of hydrogen-bond donors (Lipinski definition) is 2. The van der Waals surface area contributed by atoms with E-state index in [0.29, 0.717) is 11.6 Å². The van der Waals surface area contributed by atoms with Gasteiger partial charge in [0.25, 0.3) is 0 Å². The van der Waals surface area contributed by atoms with Crippen molar-refractivity contribution in [3.05, 3.63) is 11.8 Å². The summed E-state index contributed by atoms with van der Waals surface area (Å²) in [4.78, 5) is 0. The molecular weight excluding hydrogens is 168 g/mol. The Hall–Kier alpha value is -1.52. The Balaban J connectivity index is 3.11. The van der Waals surface area contributed by atoms with Gasteiger partial charge in [-0.3, -0.25) is 5.41 Å². The third-order valence-electron chi connectivity index (χ3n) is 1.68. The van der Waals surface area contributed by atoms with Gasteiger partial charge in [0.15, 0.2) is 0 Å². The fourth-order valence-electron chi connectivity index (χ4n) is 1.03. The van der Waals surface area contributed by atoms with Gasteiger partial charge >= 0.3 is 0 Å². The van der Waals surface area contributed by atoms with Crippen LogP contribution < -0.4 is 10.5 Å². The van der Waals surface area contributed by atoms with E-state index >= 15 is 0 Å². The first-order valence-corrected chi connectivity index (χ1v) is 4.04. The minimum atomic E-state index is -0.0438. The van der Waals surface area contributed by atoms with Gasteiger partial charge in [-0.25, -0.2) is 4.68 Å². The van der Waals surface area contributed by atoms with E-state index in [4.69, 9.17) is 15.9 Å². The van der Waals surface area contributed by atoms with E-state index in [0.717, 1.165) is 0 Å². The van der Waals surface area contributed by atoms with Gasteiger partial charge in [-0.05, 0) is 13.8 Å². The van der Waals surface area contributed by atoms with Gasteiger partial charge in [-0.15, -0.1) is 0 Å². The molecule has 0 saturated carbocycles. The molecule has 0 saturated heterocycles. The van der Waals surface area contributed by atoms with E-state index in [1.165, 1.54) is 0 Å². The van der Waals surface area contributed by atoms with Gasteiger partial charge < -0.3 is 10.5 Å². The highest BCUT2D eigenvalue weighted by molar-refractivity contribution is 5.93. The lowest BCUT2D eigenvalue weighted by Gasteiger charge is -2.08. The monoisotopic (exact) mass is 182 g/mol. The lowest BCUT2D eigenvalue weighted by molar-refractivity contribution is 0.345. The molecule has 5 nitrogen and oxygen atoms in total. The Kier molecular flexibility index (Phi) is 2.55. The molecule has 13 heavy (non-hydrogen) atoms. The number of nitrogens with two attached hydrogens (primary N) is 1. The molecule has 0 atom stereocenters. The first-order chi connectivity index (χ1) is 6.06. The minimum Gasteiger partial charge on any atom is -0.481 e. The topological polar surface area (TPSA) is 76.9 Å². The largest absolute Gasteiger partial charge is 0.481 e. The summed E-state index contributed by atoms with van der Waals surface area (Å²) in [6, 6.07) is 1.85. The van der Waals surface area contributed by atoms with Gasteiger partial charge in [0.1, 0.15) is 11.5 Å². The zero-order valence-corrected chi connectivity index (χ0v) is 8.03.